The number of thiocarbonyl (C=S) groups is 1. The lowest BCUT2D eigenvalue weighted by molar-refractivity contribution is -0.385. The number of nitrogens with zero attached hydrogens (tertiary/aromatic N) is 1. The molecule has 2 aromatic rings. The van der Waals surface area contributed by atoms with Crippen LogP contribution < -0.4 is 16.4 Å². The van der Waals surface area contributed by atoms with Crippen LogP contribution in [0.2, 0.25) is 0 Å². The Morgan fingerprint density at radius 1 is 1.12 bits per heavy atom. The van der Waals surface area contributed by atoms with E-state index in [9.17, 15) is 19.7 Å². The molecule has 0 radical (unpaired) electrons. The Morgan fingerprint density at radius 2 is 1.76 bits per heavy atom. The second-order valence-electron chi connectivity index (χ2n) is 5.02. The average molecular weight is 358 g/mol. The molecule has 0 unspecified atom stereocenters. The number of nitro groups is 1. The zero-order valence-corrected chi connectivity index (χ0v) is 13.9. The highest BCUT2D eigenvalue weighted by Gasteiger charge is 2.19. The largest absolute Gasteiger partial charge is 0.366 e. The normalized spacial score (nSPS) is 9.96. The topological polar surface area (TPSA) is 127 Å². The maximum atomic E-state index is 12.3. The van der Waals surface area contributed by atoms with Gasteiger partial charge in [-0.2, -0.15) is 0 Å². The first-order chi connectivity index (χ1) is 11.8. The molecule has 0 spiro atoms. The van der Waals surface area contributed by atoms with Crippen LogP contribution in [0.3, 0.4) is 0 Å². The first-order valence-corrected chi connectivity index (χ1v) is 7.47. The van der Waals surface area contributed by atoms with E-state index in [2.05, 4.69) is 10.6 Å². The predicted octanol–water partition coefficient (Wildman–Crippen LogP) is 2.13. The lowest BCUT2D eigenvalue weighted by atomic mass is 10.1. The molecule has 2 rings (SSSR count). The number of anilines is 1. The Morgan fingerprint density at radius 3 is 2.40 bits per heavy atom. The minimum Gasteiger partial charge on any atom is -0.366 e. The standard InChI is InChI=1S/C16H14N4O4S/c1-9-10(6-4-8-13(9)20(23)24)15(22)19-16(25)18-12-7-3-2-5-11(12)14(17)21/h2-8H,1H3,(H2,17,21)(H2,18,19,22,25). The summed E-state index contributed by atoms with van der Waals surface area (Å²) in [6.45, 7) is 1.48. The van der Waals surface area contributed by atoms with Crippen LogP contribution in [0.4, 0.5) is 11.4 Å². The minimum absolute atomic E-state index is 0.0652. The number of benzene rings is 2. The number of para-hydroxylation sites is 1. The number of amides is 2. The molecule has 0 heterocycles. The molecular weight excluding hydrogens is 344 g/mol. The molecule has 8 nitrogen and oxygen atoms in total. The fourth-order valence-electron chi connectivity index (χ4n) is 2.20. The number of nitrogens with two attached hydrogens (primary N) is 1. The van der Waals surface area contributed by atoms with Gasteiger partial charge in [0.05, 0.1) is 16.2 Å². The first kappa shape index (κ1) is 18.0. The molecule has 0 aliphatic heterocycles. The van der Waals surface area contributed by atoms with Gasteiger partial charge < -0.3 is 11.1 Å². The molecule has 0 saturated carbocycles. The van der Waals surface area contributed by atoms with Crippen molar-refractivity contribution in [2.24, 2.45) is 5.73 Å². The summed E-state index contributed by atoms with van der Waals surface area (Å²) in [6.07, 6.45) is 0. The van der Waals surface area contributed by atoms with Gasteiger partial charge >= 0.3 is 0 Å². The van der Waals surface area contributed by atoms with E-state index in [1.807, 2.05) is 0 Å². The van der Waals surface area contributed by atoms with Crippen molar-refractivity contribution in [3.05, 3.63) is 69.3 Å². The number of hydrogen-bond donors (Lipinski definition) is 3. The summed E-state index contributed by atoms with van der Waals surface area (Å²) in [5, 5.41) is 16.0. The maximum absolute atomic E-state index is 12.3. The summed E-state index contributed by atoms with van der Waals surface area (Å²) in [4.78, 5) is 34.1. The molecule has 128 valence electrons. The molecule has 9 heteroatoms. The van der Waals surface area contributed by atoms with Crippen LogP contribution in [-0.2, 0) is 0 Å². The Balaban J connectivity index is 2.17. The zero-order chi connectivity index (χ0) is 18.6. The highest BCUT2D eigenvalue weighted by Crippen LogP contribution is 2.21. The Kier molecular flexibility index (Phi) is 5.40. The fourth-order valence-corrected chi connectivity index (χ4v) is 2.40. The van der Waals surface area contributed by atoms with E-state index in [4.69, 9.17) is 18.0 Å². The number of primary amides is 1. The first-order valence-electron chi connectivity index (χ1n) is 7.06. The smallest absolute Gasteiger partial charge is 0.273 e. The molecule has 0 bridgehead atoms. The van der Waals surface area contributed by atoms with Crippen LogP contribution in [0, 0.1) is 17.0 Å². The van der Waals surface area contributed by atoms with Crippen LogP contribution in [0.1, 0.15) is 26.3 Å². The summed E-state index contributed by atoms with van der Waals surface area (Å²) in [5.41, 5.74) is 6.02. The zero-order valence-electron chi connectivity index (χ0n) is 13.1. The van der Waals surface area contributed by atoms with Gasteiger partial charge in [-0.3, -0.25) is 25.0 Å². The van der Waals surface area contributed by atoms with Gasteiger partial charge in [-0.05, 0) is 37.3 Å². The third kappa shape index (κ3) is 4.15. The van der Waals surface area contributed by atoms with E-state index in [1.54, 1.807) is 18.2 Å². The van der Waals surface area contributed by atoms with Crippen molar-refractivity contribution in [1.82, 2.24) is 5.32 Å². The molecule has 4 N–H and O–H groups in total. The fraction of sp³-hybridized carbons (Fsp3) is 0.0625. The van der Waals surface area contributed by atoms with Gasteiger partial charge in [0.25, 0.3) is 17.5 Å². The highest BCUT2D eigenvalue weighted by atomic mass is 32.1. The Hall–Kier alpha value is -3.33. The van der Waals surface area contributed by atoms with E-state index in [0.717, 1.165) is 0 Å². The predicted molar refractivity (Wildman–Crippen MR) is 96.5 cm³/mol. The minimum atomic E-state index is -0.647. The maximum Gasteiger partial charge on any atom is 0.273 e. The molecule has 0 atom stereocenters. The van der Waals surface area contributed by atoms with Gasteiger partial charge in [0, 0.05) is 17.2 Å². The number of nitrogens with one attached hydrogen (secondary N) is 2. The van der Waals surface area contributed by atoms with Gasteiger partial charge in [0.15, 0.2) is 5.11 Å². The Bertz CT molecular complexity index is 882. The SMILES string of the molecule is Cc1c(C(=O)NC(=S)Nc2ccccc2C(N)=O)cccc1[N+](=O)[O-]. The van der Waals surface area contributed by atoms with Crippen LogP contribution in [0.25, 0.3) is 0 Å². The van der Waals surface area contributed by atoms with Crippen molar-refractivity contribution >= 4 is 40.5 Å². The van der Waals surface area contributed by atoms with Crippen molar-refractivity contribution < 1.29 is 14.5 Å². The average Bonchev–Trinajstić information content (AvgIpc) is 2.54. The summed E-state index contributed by atoms with van der Waals surface area (Å²) in [5.74, 6) is -1.25. The van der Waals surface area contributed by atoms with Crippen molar-refractivity contribution in [2.45, 2.75) is 6.92 Å². The van der Waals surface area contributed by atoms with Gasteiger partial charge in [0.2, 0.25) is 0 Å². The molecular formula is C16H14N4O4S. The van der Waals surface area contributed by atoms with E-state index in [0.29, 0.717) is 5.69 Å². The number of carbonyl (C=O) groups excluding carboxylic acids is 2. The monoisotopic (exact) mass is 358 g/mol. The molecule has 25 heavy (non-hydrogen) atoms. The molecule has 0 fully saturated rings. The number of hydrogen-bond acceptors (Lipinski definition) is 5. The van der Waals surface area contributed by atoms with E-state index >= 15 is 0 Å². The van der Waals surface area contributed by atoms with Gasteiger partial charge in [-0.25, -0.2) is 0 Å². The van der Waals surface area contributed by atoms with Crippen LogP contribution in [-0.4, -0.2) is 21.9 Å². The third-order valence-electron chi connectivity index (χ3n) is 3.41. The van der Waals surface area contributed by atoms with E-state index in [1.165, 1.54) is 31.2 Å². The molecule has 0 aliphatic carbocycles. The van der Waals surface area contributed by atoms with Gasteiger partial charge in [0.1, 0.15) is 0 Å². The number of carbonyl (C=O) groups is 2. The van der Waals surface area contributed by atoms with Gasteiger partial charge in [-0.15, -0.1) is 0 Å². The van der Waals surface area contributed by atoms with E-state index in [-0.39, 0.29) is 27.5 Å². The molecule has 2 amide bonds. The third-order valence-corrected chi connectivity index (χ3v) is 3.62. The molecule has 0 aromatic heterocycles. The van der Waals surface area contributed by atoms with Gasteiger partial charge in [-0.1, -0.05) is 18.2 Å². The van der Waals surface area contributed by atoms with Crippen LogP contribution >= 0.6 is 12.2 Å². The number of nitro benzene ring substituents is 1. The molecule has 0 aliphatic rings. The van der Waals surface area contributed by atoms with Crippen LogP contribution in [0.5, 0.6) is 0 Å². The molecule has 2 aromatic carbocycles. The molecule has 0 saturated heterocycles. The van der Waals surface area contributed by atoms with E-state index < -0.39 is 16.7 Å². The summed E-state index contributed by atoms with van der Waals surface area (Å²) >= 11 is 5.06. The summed E-state index contributed by atoms with van der Waals surface area (Å²) < 4.78 is 0. The lowest BCUT2D eigenvalue weighted by Gasteiger charge is -2.12. The summed E-state index contributed by atoms with van der Waals surface area (Å²) in [6, 6.07) is 10.6. The van der Waals surface area contributed by atoms with Crippen molar-refractivity contribution in [1.29, 1.82) is 0 Å². The second kappa shape index (κ2) is 7.49. The lowest BCUT2D eigenvalue weighted by Crippen LogP contribution is -2.35. The Labute approximate surface area is 148 Å². The highest BCUT2D eigenvalue weighted by molar-refractivity contribution is 7.80. The second-order valence-corrected chi connectivity index (χ2v) is 5.43. The summed E-state index contributed by atoms with van der Waals surface area (Å²) in [7, 11) is 0. The van der Waals surface area contributed by atoms with Crippen molar-refractivity contribution in [3.63, 3.8) is 0 Å². The quantitative estimate of drug-likeness (QED) is 0.436. The van der Waals surface area contributed by atoms with Crippen molar-refractivity contribution in [3.8, 4) is 0 Å². The number of rotatable bonds is 4. The van der Waals surface area contributed by atoms with Crippen LogP contribution in [0.15, 0.2) is 42.5 Å². The van der Waals surface area contributed by atoms with Crippen molar-refractivity contribution in [2.75, 3.05) is 5.32 Å².